The predicted molar refractivity (Wildman–Crippen MR) is 64.8 cm³/mol. The second-order valence-electron chi connectivity index (χ2n) is 4.62. The van der Waals surface area contributed by atoms with E-state index in [0.29, 0.717) is 38.8 Å². The van der Waals surface area contributed by atoms with Gasteiger partial charge in [0.15, 0.2) is 0 Å². The molecule has 0 radical (unpaired) electrons. The second-order valence-corrected chi connectivity index (χ2v) is 4.62. The highest BCUT2D eigenvalue weighted by molar-refractivity contribution is 5.03. The summed E-state index contributed by atoms with van der Waals surface area (Å²) in [5.74, 6) is 0. The lowest BCUT2D eigenvalue weighted by atomic mass is 9.93. The van der Waals surface area contributed by atoms with E-state index in [1.165, 1.54) is 4.90 Å². The summed E-state index contributed by atoms with van der Waals surface area (Å²) < 4.78 is 36.9. The van der Waals surface area contributed by atoms with E-state index >= 15 is 0 Å². The van der Waals surface area contributed by atoms with Gasteiger partial charge in [-0.05, 0) is 38.8 Å². The molecule has 6 heteroatoms. The summed E-state index contributed by atoms with van der Waals surface area (Å²) in [4.78, 5) is 1.37. The maximum absolute atomic E-state index is 12.3. The van der Waals surface area contributed by atoms with Crippen LogP contribution in [0, 0.1) is 11.3 Å². The largest absolute Gasteiger partial charge is 0.401 e. The van der Waals surface area contributed by atoms with Gasteiger partial charge in [0.2, 0.25) is 0 Å². The molecule has 0 aliphatic rings. The maximum atomic E-state index is 12.3. The molecule has 0 aromatic carbocycles. The Morgan fingerprint density at radius 3 is 2.22 bits per heavy atom. The van der Waals surface area contributed by atoms with E-state index in [0.717, 1.165) is 0 Å². The van der Waals surface area contributed by atoms with E-state index < -0.39 is 18.3 Å². The molecule has 0 aromatic rings. The summed E-state index contributed by atoms with van der Waals surface area (Å²) in [6.45, 7) is 3.50. The van der Waals surface area contributed by atoms with Gasteiger partial charge in [0, 0.05) is 0 Å². The van der Waals surface area contributed by atoms with E-state index in [1.54, 1.807) is 0 Å². The number of halogens is 3. The number of nitrogens with zero attached hydrogens (tertiary/aromatic N) is 2. The molecule has 106 valence electrons. The SMILES string of the molecule is CCCN(CCCC(N)(C#N)CC)CC(F)(F)F. The number of nitriles is 1. The number of hydrogen-bond acceptors (Lipinski definition) is 3. The Kier molecular flexibility index (Phi) is 7.26. The molecule has 0 amide bonds. The molecule has 18 heavy (non-hydrogen) atoms. The average molecular weight is 265 g/mol. The Hall–Kier alpha value is -0.800. The van der Waals surface area contributed by atoms with Gasteiger partial charge in [-0.1, -0.05) is 13.8 Å². The summed E-state index contributed by atoms with van der Waals surface area (Å²) in [6.07, 6.45) is -2.05. The summed E-state index contributed by atoms with van der Waals surface area (Å²) in [7, 11) is 0. The molecule has 0 bridgehead atoms. The van der Waals surface area contributed by atoms with E-state index in [4.69, 9.17) is 11.0 Å². The molecule has 3 nitrogen and oxygen atoms in total. The van der Waals surface area contributed by atoms with Gasteiger partial charge in [-0.15, -0.1) is 0 Å². The van der Waals surface area contributed by atoms with Crippen LogP contribution >= 0.6 is 0 Å². The van der Waals surface area contributed by atoms with E-state index in [-0.39, 0.29) is 0 Å². The zero-order valence-electron chi connectivity index (χ0n) is 11.1. The first-order valence-corrected chi connectivity index (χ1v) is 6.25. The molecule has 2 N–H and O–H groups in total. The molecule has 0 spiro atoms. The topological polar surface area (TPSA) is 53.0 Å². The molecule has 1 unspecified atom stereocenters. The van der Waals surface area contributed by atoms with Gasteiger partial charge >= 0.3 is 6.18 Å². The molecular weight excluding hydrogens is 243 g/mol. The van der Waals surface area contributed by atoms with Gasteiger partial charge in [-0.25, -0.2) is 0 Å². The molecule has 1 atom stereocenters. The Morgan fingerprint density at radius 2 is 1.83 bits per heavy atom. The van der Waals surface area contributed by atoms with Crippen molar-refractivity contribution in [2.24, 2.45) is 5.73 Å². The van der Waals surface area contributed by atoms with Gasteiger partial charge in [0.1, 0.15) is 5.54 Å². The monoisotopic (exact) mass is 265 g/mol. The normalized spacial score (nSPS) is 15.4. The van der Waals surface area contributed by atoms with Crippen LogP contribution in [0.2, 0.25) is 0 Å². The van der Waals surface area contributed by atoms with Crippen LogP contribution in [0.3, 0.4) is 0 Å². The van der Waals surface area contributed by atoms with Crippen LogP contribution in [0.25, 0.3) is 0 Å². The fourth-order valence-corrected chi connectivity index (χ4v) is 1.77. The quantitative estimate of drug-likeness (QED) is 0.734. The second kappa shape index (κ2) is 7.59. The Balaban J connectivity index is 4.17. The van der Waals surface area contributed by atoms with Crippen LogP contribution < -0.4 is 5.73 Å². The van der Waals surface area contributed by atoms with E-state index in [9.17, 15) is 13.2 Å². The lowest BCUT2D eigenvalue weighted by molar-refractivity contribution is -0.146. The Morgan fingerprint density at radius 1 is 1.22 bits per heavy atom. The van der Waals surface area contributed by atoms with Gasteiger partial charge in [-0.2, -0.15) is 18.4 Å². The number of nitrogens with two attached hydrogens (primary N) is 1. The molecule has 0 heterocycles. The third-order valence-electron chi connectivity index (χ3n) is 2.89. The van der Waals surface area contributed by atoms with Crippen LogP contribution in [0.5, 0.6) is 0 Å². The molecule has 0 saturated carbocycles. The van der Waals surface area contributed by atoms with E-state index in [2.05, 4.69) is 0 Å². The minimum atomic E-state index is -4.17. The van der Waals surface area contributed by atoms with Crippen molar-refractivity contribution >= 4 is 0 Å². The highest BCUT2D eigenvalue weighted by atomic mass is 19.4. The number of rotatable bonds is 8. The fourth-order valence-electron chi connectivity index (χ4n) is 1.77. The smallest absolute Gasteiger partial charge is 0.313 e. The first-order valence-electron chi connectivity index (χ1n) is 6.25. The minimum absolute atomic E-state index is 0.327. The summed E-state index contributed by atoms with van der Waals surface area (Å²) in [5, 5.41) is 8.87. The minimum Gasteiger partial charge on any atom is -0.313 e. The zero-order valence-corrected chi connectivity index (χ0v) is 11.1. The van der Waals surface area contributed by atoms with Crippen LogP contribution in [0.1, 0.15) is 39.5 Å². The van der Waals surface area contributed by atoms with Crippen LogP contribution in [-0.4, -0.2) is 36.2 Å². The van der Waals surface area contributed by atoms with Crippen molar-refractivity contribution in [2.75, 3.05) is 19.6 Å². The molecule has 0 fully saturated rings. The van der Waals surface area contributed by atoms with Crippen LogP contribution in [0.15, 0.2) is 0 Å². The molecule has 0 aliphatic carbocycles. The molecule has 0 aliphatic heterocycles. The average Bonchev–Trinajstić information content (AvgIpc) is 2.27. The van der Waals surface area contributed by atoms with Gasteiger partial charge in [0.25, 0.3) is 0 Å². The van der Waals surface area contributed by atoms with Crippen molar-refractivity contribution < 1.29 is 13.2 Å². The standard InChI is InChI=1S/C12H22F3N3/c1-3-7-18(10-12(13,14)15)8-5-6-11(17,4-2)9-16/h3-8,10,17H2,1-2H3. The first kappa shape index (κ1) is 17.2. The van der Waals surface area contributed by atoms with Gasteiger partial charge in [-0.3, -0.25) is 4.90 Å². The van der Waals surface area contributed by atoms with Crippen molar-refractivity contribution in [3.8, 4) is 6.07 Å². The van der Waals surface area contributed by atoms with Crippen molar-refractivity contribution in [1.29, 1.82) is 5.26 Å². The highest BCUT2D eigenvalue weighted by Crippen LogP contribution is 2.18. The van der Waals surface area contributed by atoms with Crippen molar-refractivity contribution in [1.82, 2.24) is 4.90 Å². The van der Waals surface area contributed by atoms with Crippen molar-refractivity contribution in [3.63, 3.8) is 0 Å². The Bertz CT molecular complexity index is 273. The van der Waals surface area contributed by atoms with Gasteiger partial charge in [0.05, 0.1) is 12.6 Å². The molecule has 0 rings (SSSR count). The van der Waals surface area contributed by atoms with E-state index in [1.807, 2.05) is 19.9 Å². The summed E-state index contributed by atoms with van der Waals surface area (Å²) in [6, 6.07) is 2.02. The zero-order chi connectivity index (χ0) is 14.2. The lowest BCUT2D eigenvalue weighted by Gasteiger charge is -2.25. The molecule has 0 saturated heterocycles. The highest BCUT2D eigenvalue weighted by Gasteiger charge is 2.30. The molecular formula is C12H22F3N3. The third kappa shape index (κ3) is 7.51. The first-order chi connectivity index (χ1) is 8.26. The lowest BCUT2D eigenvalue weighted by Crippen LogP contribution is -2.40. The summed E-state index contributed by atoms with van der Waals surface area (Å²) in [5.41, 5.74) is 4.88. The summed E-state index contributed by atoms with van der Waals surface area (Å²) >= 11 is 0. The third-order valence-corrected chi connectivity index (χ3v) is 2.89. The predicted octanol–water partition coefficient (Wildman–Crippen LogP) is 2.67. The number of alkyl halides is 3. The van der Waals surface area contributed by atoms with Crippen LogP contribution in [-0.2, 0) is 0 Å². The fraction of sp³-hybridized carbons (Fsp3) is 0.917. The van der Waals surface area contributed by atoms with Crippen molar-refractivity contribution in [2.45, 2.75) is 51.2 Å². The molecule has 0 aromatic heterocycles. The maximum Gasteiger partial charge on any atom is 0.401 e. The Labute approximate surface area is 107 Å². The van der Waals surface area contributed by atoms with Crippen LogP contribution in [0.4, 0.5) is 13.2 Å². The number of hydrogen-bond donors (Lipinski definition) is 1. The van der Waals surface area contributed by atoms with Gasteiger partial charge < -0.3 is 5.73 Å². The van der Waals surface area contributed by atoms with Crippen molar-refractivity contribution in [3.05, 3.63) is 0 Å².